The number of rotatable bonds is 3. The van der Waals surface area contributed by atoms with Crippen LogP contribution in [0.15, 0.2) is 0 Å². The van der Waals surface area contributed by atoms with Gasteiger partial charge in [0.05, 0.1) is 0 Å². The summed E-state index contributed by atoms with van der Waals surface area (Å²) < 4.78 is 0. The molecular formula is C15H25N5. The third-order valence-corrected chi connectivity index (χ3v) is 4.61. The quantitative estimate of drug-likeness (QED) is 0.911. The zero-order valence-corrected chi connectivity index (χ0v) is 12.8. The number of anilines is 2. The summed E-state index contributed by atoms with van der Waals surface area (Å²) in [4.78, 5) is 14.0. The second-order valence-corrected chi connectivity index (χ2v) is 6.37. The van der Waals surface area contributed by atoms with Crippen LogP contribution < -0.4 is 10.6 Å². The van der Waals surface area contributed by atoms with Crippen LogP contribution in [-0.4, -0.2) is 48.1 Å². The van der Waals surface area contributed by atoms with Crippen LogP contribution in [0.25, 0.3) is 0 Å². The monoisotopic (exact) mass is 275 g/mol. The molecule has 0 atom stereocenters. The first kappa shape index (κ1) is 13.6. The highest BCUT2D eigenvalue weighted by Gasteiger charge is 2.29. The predicted octanol–water partition coefficient (Wildman–Crippen LogP) is 1.78. The molecule has 0 unspecified atom stereocenters. The first-order valence-electron chi connectivity index (χ1n) is 7.61. The second kappa shape index (κ2) is 5.20. The number of aromatic nitrogens is 2. The maximum atomic E-state index is 6.08. The minimum absolute atomic E-state index is 0.552. The summed E-state index contributed by atoms with van der Waals surface area (Å²) in [7, 11) is 4.33. The molecular weight excluding hydrogens is 250 g/mol. The van der Waals surface area contributed by atoms with Crippen molar-refractivity contribution in [3.05, 3.63) is 11.4 Å². The number of piperidine rings is 1. The molecule has 0 bridgehead atoms. The van der Waals surface area contributed by atoms with Crippen molar-refractivity contribution >= 4 is 11.6 Å². The molecule has 3 rings (SSSR count). The van der Waals surface area contributed by atoms with Crippen LogP contribution in [0.3, 0.4) is 0 Å². The Balaban J connectivity index is 1.80. The lowest BCUT2D eigenvalue weighted by atomic mass is 10.0. The Morgan fingerprint density at radius 3 is 2.30 bits per heavy atom. The number of hydrogen-bond acceptors (Lipinski definition) is 5. The van der Waals surface area contributed by atoms with E-state index in [2.05, 4.69) is 28.9 Å². The van der Waals surface area contributed by atoms with Gasteiger partial charge >= 0.3 is 0 Å². The van der Waals surface area contributed by atoms with E-state index in [-0.39, 0.29) is 0 Å². The van der Waals surface area contributed by atoms with Gasteiger partial charge in [-0.2, -0.15) is 0 Å². The van der Waals surface area contributed by atoms with Gasteiger partial charge in [0.2, 0.25) is 0 Å². The van der Waals surface area contributed by atoms with Gasteiger partial charge in [0.25, 0.3) is 0 Å². The maximum absolute atomic E-state index is 6.08. The summed E-state index contributed by atoms with van der Waals surface area (Å²) in [6.45, 7) is 4.16. The van der Waals surface area contributed by atoms with Gasteiger partial charge in [-0.1, -0.05) is 0 Å². The first-order chi connectivity index (χ1) is 9.56. The fourth-order valence-corrected chi connectivity index (χ4v) is 2.97. The van der Waals surface area contributed by atoms with E-state index >= 15 is 0 Å². The van der Waals surface area contributed by atoms with Crippen molar-refractivity contribution in [1.29, 1.82) is 0 Å². The zero-order chi connectivity index (χ0) is 14.3. The van der Waals surface area contributed by atoms with E-state index in [0.29, 0.717) is 17.8 Å². The Bertz CT molecular complexity index is 487. The summed E-state index contributed by atoms with van der Waals surface area (Å²) >= 11 is 0. The van der Waals surface area contributed by atoms with Crippen LogP contribution in [0.1, 0.15) is 43.0 Å². The molecule has 0 aromatic carbocycles. The smallest absolute Gasteiger partial charge is 0.137 e. The maximum Gasteiger partial charge on any atom is 0.137 e. The van der Waals surface area contributed by atoms with E-state index in [1.807, 2.05) is 6.92 Å². The van der Waals surface area contributed by atoms with Crippen molar-refractivity contribution < 1.29 is 0 Å². The minimum atomic E-state index is 0.552. The molecule has 5 heteroatoms. The SMILES string of the molecule is Cc1c(N)nc(C2CC2)nc1N1CCC(N(C)C)CC1. The molecule has 1 saturated heterocycles. The summed E-state index contributed by atoms with van der Waals surface area (Å²) in [5.41, 5.74) is 7.12. The molecule has 1 aliphatic carbocycles. The van der Waals surface area contributed by atoms with Crippen LogP contribution in [0.5, 0.6) is 0 Å². The second-order valence-electron chi connectivity index (χ2n) is 6.37. The van der Waals surface area contributed by atoms with Crippen molar-refractivity contribution in [3.8, 4) is 0 Å². The number of hydrogen-bond donors (Lipinski definition) is 1. The van der Waals surface area contributed by atoms with Gasteiger partial charge in [-0.15, -0.1) is 0 Å². The van der Waals surface area contributed by atoms with E-state index in [1.54, 1.807) is 0 Å². The topological polar surface area (TPSA) is 58.3 Å². The van der Waals surface area contributed by atoms with Gasteiger partial charge in [0, 0.05) is 30.6 Å². The van der Waals surface area contributed by atoms with Crippen LogP contribution in [0.2, 0.25) is 0 Å². The molecule has 0 spiro atoms. The van der Waals surface area contributed by atoms with Crippen LogP contribution in [0, 0.1) is 6.92 Å². The summed E-state index contributed by atoms with van der Waals surface area (Å²) in [6, 6.07) is 0.689. The molecule has 20 heavy (non-hydrogen) atoms. The molecule has 110 valence electrons. The normalized spacial score (nSPS) is 20.7. The average molecular weight is 275 g/mol. The number of nitrogen functional groups attached to an aromatic ring is 1. The molecule has 2 heterocycles. The molecule has 1 aromatic rings. The zero-order valence-electron chi connectivity index (χ0n) is 12.8. The third kappa shape index (κ3) is 2.59. The van der Waals surface area contributed by atoms with Crippen molar-refractivity contribution in [1.82, 2.24) is 14.9 Å². The lowest BCUT2D eigenvalue weighted by molar-refractivity contribution is 0.249. The molecule has 0 amide bonds. The highest BCUT2D eigenvalue weighted by atomic mass is 15.2. The first-order valence-corrected chi connectivity index (χ1v) is 7.61. The van der Waals surface area contributed by atoms with Gasteiger partial charge in [0.15, 0.2) is 0 Å². The van der Waals surface area contributed by atoms with Gasteiger partial charge in [0.1, 0.15) is 17.5 Å². The molecule has 2 aliphatic rings. The Morgan fingerprint density at radius 2 is 1.75 bits per heavy atom. The Labute approximate surface area is 121 Å². The van der Waals surface area contributed by atoms with Gasteiger partial charge in [-0.05, 0) is 46.7 Å². The summed E-state index contributed by atoms with van der Waals surface area (Å²) in [5.74, 6) is 3.23. The van der Waals surface area contributed by atoms with Crippen molar-refractivity contribution in [2.75, 3.05) is 37.8 Å². The van der Waals surface area contributed by atoms with E-state index in [0.717, 1.165) is 30.3 Å². The molecule has 1 saturated carbocycles. The van der Waals surface area contributed by atoms with Gasteiger partial charge in [-0.3, -0.25) is 0 Å². The molecule has 5 nitrogen and oxygen atoms in total. The molecule has 2 N–H and O–H groups in total. The highest BCUT2D eigenvalue weighted by molar-refractivity contribution is 5.57. The minimum Gasteiger partial charge on any atom is -0.383 e. The third-order valence-electron chi connectivity index (χ3n) is 4.61. The number of nitrogens with zero attached hydrogens (tertiary/aromatic N) is 4. The fraction of sp³-hybridized carbons (Fsp3) is 0.733. The van der Waals surface area contributed by atoms with E-state index in [1.165, 1.54) is 25.7 Å². The lowest BCUT2D eigenvalue weighted by Crippen LogP contribution is -2.42. The highest BCUT2D eigenvalue weighted by Crippen LogP contribution is 2.39. The average Bonchev–Trinajstić information content (AvgIpc) is 3.26. The van der Waals surface area contributed by atoms with Crippen LogP contribution in [-0.2, 0) is 0 Å². The Morgan fingerprint density at radius 1 is 1.10 bits per heavy atom. The molecule has 1 aliphatic heterocycles. The summed E-state index contributed by atoms with van der Waals surface area (Å²) in [6.07, 6.45) is 4.81. The van der Waals surface area contributed by atoms with Crippen molar-refractivity contribution in [3.63, 3.8) is 0 Å². The Kier molecular flexibility index (Phi) is 3.54. The lowest BCUT2D eigenvalue weighted by Gasteiger charge is -2.36. The van der Waals surface area contributed by atoms with Gasteiger partial charge in [-0.25, -0.2) is 9.97 Å². The largest absolute Gasteiger partial charge is 0.383 e. The van der Waals surface area contributed by atoms with Crippen molar-refractivity contribution in [2.24, 2.45) is 0 Å². The van der Waals surface area contributed by atoms with E-state index < -0.39 is 0 Å². The standard InChI is InChI=1S/C15H25N5/c1-10-13(16)17-14(11-4-5-11)18-15(10)20-8-6-12(7-9-20)19(2)3/h11-12H,4-9H2,1-3H3,(H2,16,17,18). The van der Waals surface area contributed by atoms with Gasteiger partial charge < -0.3 is 15.5 Å². The Hall–Kier alpha value is -1.36. The van der Waals surface area contributed by atoms with Crippen LogP contribution in [0.4, 0.5) is 11.6 Å². The number of nitrogens with two attached hydrogens (primary N) is 1. The van der Waals surface area contributed by atoms with Crippen LogP contribution >= 0.6 is 0 Å². The van der Waals surface area contributed by atoms with E-state index in [9.17, 15) is 0 Å². The van der Waals surface area contributed by atoms with E-state index in [4.69, 9.17) is 10.7 Å². The molecule has 0 radical (unpaired) electrons. The predicted molar refractivity (Wildman–Crippen MR) is 82.1 cm³/mol. The molecule has 1 aromatic heterocycles. The van der Waals surface area contributed by atoms with Crippen molar-refractivity contribution in [2.45, 2.75) is 44.6 Å². The fourth-order valence-electron chi connectivity index (χ4n) is 2.97. The molecule has 2 fully saturated rings. The summed E-state index contributed by atoms with van der Waals surface area (Å²) in [5, 5.41) is 0.